The maximum atomic E-state index is 14.2. The highest BCUT2D eigenvalue weighted by Crippen LogP contribution is 2.42. The van der Waals surface area contributed by atoms with Crippen LogP contribution >= 0.6 is 11.3 Å². The number of nitro benzene ring substituents is 2. The van der Waals surface area contributed by atoms with Gasteiger partial charge in [0.1, 0.15) is 15.4 Å². The smallest absolute Gasteiger partial charge is 0.338 e. The number of carbonyl (C=O) groups is 1. The van der Waals surface area contributed by atoms with E-state index in [2.05, 4.69) is 0 Å². The second kappa shape index (κ2) is 11.7. The number of rotatable bonds is 8. The van der Waals surface area contributed by atoms with Gasteiger partial charge in [-0.3, -0.25) is 29.6 Å². The lowest BCUT2D eigenvalue weighted by Crippen LogP contribution is -2.41. The van der Waals surface area contributed by atoms with Crippen LogP contribution in [-0.2, 0) is 19.4 Å². The molecule has 15 heteroatoms. The number of benzene rings is 3. The SMILES string of the molecule is CCOC(=O)C1=c2s/c(=C/c3ccc([N+](=O)[O-])cc3)c(=O)n2C(N)=C(S(=O)(=O)c2ccccc2)[C@H]1c1ccc([N+](=O)[O-])cc1. The van der Waals surface area contributed by atoms with Gasteiger partial charge < -0.3 is 10.5 Å². The van der Waals surface area contributed by atoms with Crippen LogP contribution in [0.3, 0.4) is 0 Å². The van der Waals surface area contributed by atoms with Gasteiger partial charge in [-0.05, 0) is 48.4 Å². The van der Waals surface area contributed by atoms with Crippen molar-refractivity contribution in [1.82, 2.24) is 4.57 Å². The molecular formula is C29H22N4O9S2. The predicted octanol–water partition coefficient (Wildman–Crippen LogP) is 2.62. The highest BCUT2D eigenvalue weighted by molar-refractivity contribution is 7.95. The van der Waals surface area contributed by atoms with Crippen molar-refractivity contribution in [3.63, 3.8) is 0 Å². The molecule has 1 aliphatic rings. The molecule has 3 aromatic carbocycles. The third-order valence-electron chi connectivity index (χ3n) is 6.78. The molecule has 0 aliphatic carbocycles. The molecule has 1 aliphatic heterocycles. The van der Waals surface area contributed by atoms with Gasteiger partial charge in [0.25, 0.3) is 16.9 Å². The fraction of sp³-hybridized carbons (Fsp3) is 0.103. The number of non-ortho nitro benzene ring substituents is 2. The van der Waals surface area contributed by atoms with Crippen molar-refractivity contribution in [1.29, 1.82) is 0 Å². The molecule has 5 rings (SSSR count). The molecule has 13 nitrogen and oxygen atoms in total. The molecular weight excluding hydrogens is 612 g/mol. The molecule has 0 bridgehead atoms. The number of hydrogen-bond donors (Lipinski definition) is 1. The summed E-state index contributed by atoms with van der Waals surface area (Å²) in [6.07, 6.45) is 1.43. The van der Waals surface area contributed by atoms with Crippen molar-refractivity contribution in [2.24, 2.45) is 5.73 Å². The van der Waals surface area contributed by atoms with Crippen LogP contribution in [0.1, 0.15) is 24.0 Å². The van der Waals surface area contributed by atoms with E-state index in [4.69, 9.17) is 10.5 Å². The van der Waals surface area contributed by atoms with E-state index in [0.29, 0.717) is 5.56 Å². The lowest BCUT2D eigenvalue weighted by atomic mass is 9.89. The maximum Gasteiger partial charge on any atom is 0.338 e. The summed E-state index contributed by atoms with van der Waals surface area (Å²) in [6, 6.07) is 17.7. The van der Waals surface area contributed by atoms with Gasteiger partial charge in [-0.25, -0.2) is 13.2 Å². The number of nitrogens with zero attached hydrogens (tertiary/aromatic N) is 3. The van der Waals surface area contributed by atoms with Gasteiger partial charge in [-0.15, -0.1) is 11.3 Å². The Bertz CT molecular complexity index is 2130. The molecule has 1 aromatic heterocycles. The van der Waals surface area contributed by atoms with Crippen molar-refractivity contribution in [3.05, 3.63) is 135 Å². The van der Waals surface area contributed by atoms with E-state index < -0.39 is 47.9 Å². The summed E-state index contributed by atoms with van der Waals surface area (Å²) in [5, 5.41) is 22.4. The first-order chi connectivity index (χ1) is 20.9. The predicted molar refractivity (Wildman–Crippen MR) is 161 cm³/mol. The number of ether oxygens (including phenoxy) is 1. The standard InChI is InChI=1S/C29H22N4O9S2/c1-2-42-29(35)24-23(18-10-14-20(15-11-18)33(38)39)25(44(40,41)21-6-4-3-5-7-21)26(30)31-27(34)22(43-28(24)31)16-17-8-12-19(13-9-17)32(36)37/h3-16,23H,2,30H2,1H3/b22-16+/t23-/m0/s1. The van der Waals surface area contributed by atoms with E-state index in [1.165, 1.54) is 78.9 Å². The highest BCUT2D eigenvalue weighted by Gasteiger charge is 2.42. The van der Waals surface area contributed by atoms with Gasteiger partial charge in [0, 0.05) is 24.3 Å². The zero-order chi connectivity index (χ0) is 31.8. The van der Waals surface area contributed by atoms with Crippen LogP contribution in [0, 0.1) is 20.2 Å². The van der Waals surface area contributed by atoms with Gasteiger partial charge in [0.05, 0.1) is 37.4 Å². The summed E-state index contributed by atoms with van der Waals surface area (Å²) in [6.45, 7) is 1.48. The van der Waals surface area contributed by atoms with Crippen molar-refractivity contribution in [2.45, 2.75) is 17.7 Å². The molecule has 44 heavy (non-hydrogen) atoms. The fourth-order valence-electron chi connectivity index (χ4n) is 4.78. The summed E-state index contributed by atoms with van der Waals surface area (Å²) < 4.78 is 34.7. The number of thiazole rings is 1. The van der Waals surface area contributed by atoms with Crippen molar-refractivity contribution < 1.29 is 27.8 Å². The van der Waals surface area contributed by atoms with E-state index in [-0.39, 0.29) is 43.2 Å². The second-order valence-corrected chi connectivity index (χ2v) is 12.3. The van der Waals surface area contributed by atoms with Crippen LogP contribution in [0.15, 0.2) is 93.5 Å². The van der Waals surface area contributed by atoms with E-state index in [9.17, 15) is 38.2 Å². The first-order valence-corrected chi connectivity index (χ1v) is 15.2. The lowest BCUT2D eigenvalue weighted by molar-refractivity contribution is -0.385. The lowest BCUT2D eigenvalue weighted by Gasteiger charge is -2.28. The number of hydrogen-bond acceptors (Lipinski definition) is 11. The number of nitrogens with two attached hydrogens (primary N) is 1. The molecule has 0 spiro atoms. The normalized spacial score (nSPS) is 15.2. The summed E-state index contributed by atoms with van der Waals surface area (Å²) in [7, 11) is -4.48. The van der Waals surface area contributed by atoms with Gasteiger partial charge in [0.15, 0.2) is 0 Å². The van der Waals surface area contributed by atoms with E-state index in [1.54, 1.807) is 13.0 Å². The minimum absolute atomic E-state index is 0.00877. The molecule has 0 unspecified atom stereocenters. The maximum absolute atomic E-state index is 14.2. The molecule has 0 radical (unpaired) electrons. The Labute approximate surface area is 252 Å². The second-order valence-electron chi connectivity index (χ2n) is 9.39. The first kappa shape index (κ1) is 30.1. The van der Waals surface area contributed by atoms with Crippen LogP contribution in [0.2, 0.25) is 0 Å². The van der Waals surface area contributed by atoms with Gasteiger partial charge in [-0.1, -0.05) is 30.3 Å². The average Bonchev–Trinajstić information content (AvgIpc) is 3.33. The van der Waals surface area contributed by atoms with E-state index in [0.717, 1.165) is 15.9 Å². The molecule has 0 saturated heterocycles. The number of allylic oxidation sites excluding steroid dienone is 1. The molecule has 0 saturated carbocycles. The van der Waals surface area contributed by atoms with Gasteiger partial charge in [0.2, 0.25) is 9.84 Å². The summed E-state index contributed by atoms with van der Waals surface area (Å²) >= 11 is 0.854. The molecule has 2 N–H and O–H groups in total. The Morgan fingerprint density at radius 3 is 2.09 bits per heavy atom. The number of esters is 1. The van der Waals surface area contributed by atoms with Crippen LogP contribution in [0.4, 0.5) is 11.4 Å². The first-order valence-electron chi connectivity index (χ1n) is 12.9. The zero-order valence-corrected chi connectivity index (χ0v) is 24.4. The minimum atomic E-state index is -4.48. The molecule has 1 atom stereocenters. The Morgan fingerprint density at radius 2 is 1.55 bits per heavy atom. The molecule has 0 amide bonds. The van der Waals surface area contributed by atoms with Gasteiger partial charge in [-0.2, -0.15) is 0 Å². The van der Waals surface area contributed by atoms with E-state index in [1.807, 2.05) is 0 Å². The minimum Gasteiger partial charge on any atom is -0.463 e. The number of sulfone groups is 1. The van der Waals surface area contributed by atoms with Crippen molar-refractivity contribution in [3.8, 4) is 0 Å². The van der Waals surface area contributed by atoms with Crippen LogP contribution < -0.4 is 20.5 Å². The fourth-order valence-corrected chi connectivity index (χ4v) is 7.64. The quantitative estimate of drug-likeness (QED) is 0.171. The third kappa shape index (κ3) is 5.29. The van der Waals surface area contributed by atoms with Crippen molar-refractivity contribution >= 4 is 56.0 Å². The summed E-state index contributed by atoms with van der Waals surface area (Å²) in [5.41, 5.74) is 5.79. The summed E-state index contributed by atoms with van der Waals surface area (Å²) in [4.78, 5) is 48.0. The van der Waals surface area contributed by atoms with E-state index >= 15 is 0 Å². The molecule has 224 valence electrons. The molecule has 2 heterocycles. The molecule has 4 aromatic rings. The number of aromatic nitrogens is 1. The zero-order valence-electron chi connectivity index (χ0n) is 22.8. The van der Waals surface area contributed by atoms with Gasteiger partial charge >= 0.3 is 5.97 Å². The number of nitro groups is 2. The van der Waals surface area contributed by atoms with Crippen molar-refractivity contribution in [2.75, 3.05) is 6.61 Å². The largest absolute Gasteiger partial charge is 0.463 e. The molecule has 0 fully saturated rings. The monoisotopic (exact) mass is 634 g/mol. The van der Waals surface area contributed by atoms with Crippen LogP contribution in [0.25, 0.3) is 17.5 Å². The topological polar surface area (TPSA) is 195 Å². The average molecular weight is 635 g/mol. The third-order valence-corrected chi connectivity index (χ3v) is 9.80. The summed E-state index contributed by atoms with van der Waals surface area (Å²) in [5.74, 6) is -2.77. The highest BCUT2D eigenvalue weighted by atomic mass is 32.2. The van der Waals surface area contributed by atoms with Crippen LogP contribution in [0.5, 0.6) is 0 Å². The Hall–Kier alpha value is -5.41. The van der Waals surface area contributed by atoms with Crippen LogP contribution in [-0.4, -0.2) is 35.4 Å². The number of carbonyl (C=O) groups excluding carboxylic acids is 1. The Balaban J connectivity index is 1.88. The number of fused-ring (bicyclic) bond motifs is 1. The Kier molecular flexibility index (Phi) is 7.99. The Morgan fingerprint density at radius 1 is 0.977 bits per heavy atom.